The largest absolute Gasteiger partial charge is 0.508 e. The van der Waals surface area contributed by atoms with Crippen molar-refractivity contribution in [1.29, 1.82) is 0 Å². The fourth-order valence-corrected chi connectivity index (χ4v) is 5.36. The molecule has 1 aliphatic carbocycles. The highest BCUT2D eigenvalue weighted by atomic mass is 16.5. The van der Waals surface area contributed by atoms with E-state index in [-0.39, 0.29) is 17.5 Å². The van der Waals surface area contributed by atoms with Gasteiger partial charge in [-0.05, 0) is 49.9 Å². The minimum absolute atomic E-state index is 0.202. The molecule has 2 saturated heterocycles. The van der Waals surface area contributed by atoms with Crippen LogP contribution in [-0.4, -0.2) is 71.8 Å². The maximum Gasteiger partial charge on any atom is 0.240 e. The third-order valence-electron chi connectivity index (χ3n) is 6.88. The highest BCUT2D eigenvalue weighted by Gasteiger charge is 2.45. The van der Waals surface area contributed by atoms with E-state index >= 15 is 0 Å². The monoisotopic (exact) mass is 401 g/mol. The molecule has 1 amide bonds. The lowest BCUT2D eigenvalue weighted by atomic mass is 9.78. The second kappa shape index (κ2) is 9.45. The summed E-state index contributed by atoms with van der Waals surface area (Å²) >= 11 is 0. The second-order valence-corrected chi connectivity index (χ2v) is 8.91. The number of morpholine rings is 1. The van der Waals surface area contributed by atoms with Gasteiger partial charge in [0.1, 0.15) is 11.3 Å². The summed E-state index contributed by atoms with van der Waals surface area (Å²) in [5.41, 5.74) is 0.782. The van der Waals surface area contributed by atoms with Gasteiger partial charge in [-0.25, -0.2) is 0 Å². The predicted octanol–water partition coefficient (Wildman–Crippen LogP) is 2.51. The second-order valence-electron chi connectivity index (χ2n) is 8.91. The fourth-order valence-electron chi connectivity index (χ4n) is 5.36. The predicted molar refractivity (Wildman–Crippen MR) is 113 cm³/mol. The van der Waals surface area contributed by atoms with Crippen LogP contribution in [0.5, 0.6) is 5.75 Å². The van der Waals surface area contributed by atoms with Crippen molar-refractivity contribution in [3.05, 3.63) is 29.8 Å². The van der Waals surface area contributed by atoms with Gasteiger partial charge in [0, 0.05) is 32.2 Å². The Bertz CT molecular complexity index is 684. The molecule has 1 saturated carbocycles. The highest BCUT2D eigenvalue weighted by molar-refractivity contribution is 5.86. The zero-order chi connectivity index (χ0) is 20.1. The Balaban J connectivity index is 1.39. The summed E-state index contributed by atoms with van der Waals surface area (Å²) in [5, 5.41) is 13.2. The molecule has 29 heavy (non-hydrogen) atoms. The molecular formula is C23H35N3O3. The SMILES string of the molecule is O=C(NC1CCCN(Cc2cccc(O)c2)C1)C1(N2CCOCC2)CCCCC1. The average molecular weight is 402 g/mol. The van der Waals surface area contributed by atoms with E-state index in [0.717, 1.165) is 90.0 Å². The molecular weight excluding hydrogens is 366 g/mol. The Hall–Kier alpha value is -1.63. The van der Waals surface area contributed by atoms with Gasteiger partial charge in [0.05, 0.1) is 13.2 Å². The van der Waals surface area contributed by atoms with E-state index in [0.29, 0.717) is 5.75 Å². The number of phenolic OH excluding ortho intramolecular Hbond substituents is 1. The quantitative estimate of drug-likeness (QED) is 0.794. The average Bonchev–Trinajstić information content (AvgIpc) is 2.75. The van der Waals surface area contributed by atoms with Gasteiger partial charge in [0.25, 0.3) is 0 Å². The van der Waals surface area contributed by atoms with Crippen LogP contribution in [0.2, 0.25) is 0 Å². The van der Waals surface area contributed by atoms with Crippen molar-refractivity contribution < 1.29 is 14.6 Å². The number of phenols is 1. The van der Waals surface area contributed by atoms with Crippen LogP contribution in [0, 0.1) is 0 Å². The topological polar surface area (TPSA) is 65.0 Å². The van der Waals surface area contributed by atoms with Crippen LogP contribution < -0.4 is 5.32 Å². The Morgan fingerprint density at radius 1 is 1.14 bits per heavy atom. The third kappa shape index (κ3) is 4.93. The number of piperidine rings is 1. The number of carbonyl (C=O) groups is 1. The van der Waals surface area contributed by atoms with E-state index in [1.807, 2.05) is 12.1 Å². The molecule has 0 bridgehead atoms. The molecule has 3 aliphatic rings. The molecule has 160 valence electrons. The molecule has 0 aromatic heterocycles. The molecule has 3 fully saturated rings. The van der Waals surface area contributed by atoms with Crippen molar-refractivity contribution in [3.8, 4) is 5.75 Å². The summed E-state index contributed by atoms with van der Waals surface area (Å²) in [6.45, 7) is 5.92. The van der Waals surface area contributed by atoms with Gasteiger partial charge in [-0.3, -0.25) is 14.6 Å². The summed E-state index contributed by atoms with van der Waals surface area (Å²) in [4.78, 5) is 18.3. The molecule has 1 unspecified atom stereocenters. The minimum Gasteiger partial charge on any atom is -0.508 e. The highest BCUT2D eigenvalue weighted by Crippen LogP contribution is 2.35. The Morgan fingerprint density at radius 3 is 2.69 bits per heavy atom. The van der Waals surface area contributed by atoms with Crippen LogP contribution in [0.15, 0.2) is 24.3 Å². The van der Waals surface area contributed by atoms with Gasteiger partial charge in [-0.2, -0.15) is 0 Å². The Labute approximate surface area is 174 Å². The summed E-state index contributed by atoms with van der Waals surface area (Å²) < 4.78 is 5.55. The van der Waals surface area contributed by atoms with Gasteiger partial charge >= 0.3 is 0 Å². The fraction of sp³-hybridized carbons (Fsp3) is 0.696. The van der Waals surface area contributed by atoms with Gasteiger partial charge in [-0.15, -0.1) is 0 Å². The number of nitrogens with one attached hydrogen (secondary N) is 1. The van der Waals surface area contributed by atoms with Crippen LogP contribution in [0.3, 0.4) is 0 Å². The molecule has 4 rings (SSSR count). The van der Waals surface area contributed by atoms with Crippen molar-refractivity contribution in [2.24, 2.45) is 0 Å². The summed E-state index contributed by atoms with van der Waals surface area (Å²) in [5.74, 6) is 0.553. The van der Waals surface area contributed by atoms with Crippen LogP contribution in [0.4, 0.5) is 0 Å². The number of ether oxygens (including phenoxy) is 1. The third-order valence-corrected chi connectivity index (χ3v) is 6.88. The lowest BCUT2D eigenvalue weighted by Crippen LogP contribution is -2.64. The molecule has 0 spiro atoms. The first-order valence-electron chi connectivity index (χ1n) is 11.3. The number of carbonyl (C=O) groups excluding carboxylic acids is 1. The number of hydrogen-bond acceptors (Lipinski definition) is 5. The summed E-state index contributed by atoms with van der Waals surface area (Å²) in [6.07, 6.45) is 7.59. The lowest BCUT2D eigenvalue weighted by Gasteiger charge is -2.47. The van der Waals surface area contributed by atoms with E-state index < -0.39 is 0 Å². The molecule has 1 atom stereocenters. The summed E-state index contributed by atoms with van der Waals surface area (Å²) in [6, 6.07) is 7.68. The van der Waals surface area contributed by atoms with Crippen molar-refractivity contribution >= 4 is 5.91 Å². The van der Waals surface area contributed by atoms with Crippen LogP contribution in [0.1, 0.15) is 50.5 Å². The maximum absolute atomic E-state index is 13.6. The number of aromatic hydroxyl groups is 1. The van der Waals surface area contributed by atoms with Gasteiger partial charge in [0.2, 0.25) is 5.91 Å². The van der Waals surface area contributed by atoms with E-state index in [9.17, 15) is 9.90 Å². The van der Waals surface area contributed by atoms with E-state index in [4.69, 9.17) is 4.74 Å². The number of benzene rings is 1. The Morgan fingerprint density at radius 2 is 1.93 bits per heavy atom. The first-order valence-corrected chi connectivity index (χ1v) is 11.3. The molecule has 6 nitrogen and oxygen atoms in total. The first kappa shape index (κ1) is 20.6. The normalized spacial score (nSPS) is 26.1. The molecule has 1 aromatic carbocycles. The van der Waals surface area contributed by atoms with Gasteiger partial charge in [-0.1, -0.05) is 31.4 Å². The van der Waals surface area contributed by atoms with Gasteiger partial charge < -0.3 is 15.2 Å². The first-order chi connectivity index (χ1) is 14.2. The van der Waals surface area contributed by atoms with E-state index in [2.05, 4.69) is 21.2 Å². The zero-order valence-corrected chi connectivity index (χ0v) is 17.4. The molecule has 2 N–H and O–H groups in total. The molecule has 0 radical (unpaired) electrons. The number of amides is 1. The number of nitrogens with zero attached hydrogens (tertiary/aromatic N) is 2. The minimum atomic E-state index is -0.338. The number of rotatable bonds is 5. The molecule has 1 aromatic rings. The maximum atomic E-state index is 13.6. The van der Waals surface area contributed by atoms with Crippen molar-refractivity contribution in [3.63, 3.8) is 0 Å². The number of likely N-dealkylation sites (tertiary alicyclic amines) is 1. The van der Waals surface area contributed by atoms with E-state index in [1.54, 1.807) is 6.07 Å². The lowest BCUT2D eigenvalue weighted by molar-refractivity contribution is -0.141. The standard InChI is InChI=1S/C23H35N3O3/c27-21-8-4-6-19(16-21)17-25-11-5-7-20(18-25)24-22(28)23(9-2-1-3-10-23)26-12-14-29-15-13-26/h4,6,8,16,20,27H,1-3,5,7,9-15,17-18H2,(H,24,28). The van der Waals surface area contributed by atoms with Crippen LogP contribution >= 0.6 is 0 Å². The van der Waals surface area contributed by atoms with Crippen molar-refractivity contribution in [1.82, 2.24) is 15.1 Å². The van der Waals surface area contributed by atoms with Crippen LogP contribution in [-0.2, 0) is 16.1 Å². The smallest absolute Gasteiger partial charge is 0.240 e. The van der Waals surface area contributed by atoms with Crippen molar-refractivity contribution in [2.45, 2.75) is 63.1 Å². The van der Waals surface area contributed by atoms with Crippen LogP contribution in [0.25, 0.3) is 0 Å². The molecule has 2 heterocycles. The number of hydrogen-bond donors (Lipinski definition) is 2. The van der Waals surface area contributed by atoms with Crippen molar-refractivity contribution in [2.75, 3.05) is 39.4 Å². The Kier molecular flexibility index (Phi) is 6.73. The zero-order valence-electron chi connectivity index (χ0n) is 17.4. The molecule has 6 heteroatoms. The molecule has 2 aliphatic heterocycles. The summed E-state index contributed by atoms with van der Waals surface area (Å²) in [7, 11) is 0. The van der Waals surface area contributed by atoms with E-state index in [1.165, 1.54) is 6.42 Å². The van der Waals surface area contributed by atoms with Gasteiger partial charge in [0.15, 0.2) is 0 Å².